The third kappa shape index (κ3) is 1.78. The number of rotatable bonds is 1. The Bertz CT molecular complexity index is 597. The highest BCUT2D eigenvalue weighted by molar-refractivity contribution is 5.52. The molecule has 2 N–H and O–H groups in total. The number of phenolic OH excluding ortho intramolecular Hbond substituents is 1. The minimum absolute atomic E-state index is 0.118. The van der Waals surface area contributed by atoms with E-state index in [0.717, 1.165) is 44.1 Å². The SMILES string of the molecule is COc1ccc2c(c1O)CC[C@@H]1[C@@H]2CC[C@]2(C)[C@@H](O)CC[C@@H]12. The second kappa shape index (κ2) is 4.89. The van der Waals surface area contributed by atoms with Gasteiger partial charge < -0.3 is 14.9 Å². The molecule has 0 radical (unpaired) electrons. The van der Waals surface area contributed by atoms with Crippen LogP contribution < -0.4 is 4.74 Å². The summed E-state index contributed by atoms with van der Waals surface area (Å²) in [7, 11) is 1.61. The third-order valence-corrected chi connectivity index (χ3v) is 7.02. The average Bonchev–Trinajstić information content (AvgIpc) is 2.83. The maximum absolute atomic E-state index is 10.4. The van der Waals surface area contributed by atoms with E-state index in [9.17, 15) is 10.2 Å². The van der Waals surface area contributed by atoms with Crippen molar-refractivity contribution >= 4 is 0 Å². The van der Waals surface area contributed by atoms with Crippen LogP contribution in [0.4, 0.5) is 0 Å². The average molecular weight is 302 g/mol. The summed E-state index contributed by atoms with van der Waals surface area (Å²) >= 11 is 0. The van der Waals surface area contributed by atoms with Gasteiger partial charge in [-0.25, -0.2) is 0 Å². The Hall–Kier alpha value is -1.22. The lowest BCUT2D eigenvalue weighted by Crippen LogP contribution is -2.43. The summed E-state index contributed by atoms with van der Waals surface area (Å²) in [6.07, 6.45) is 6.30. The number of benzene rings is 1. The van der Waals surface area contributed by atoms with Crippen LogP contribution in [-0.4, -0.2) is 23.4 Å². The molecule has 0 saturated heterocycles. The molecule has 0 aromatic heterocycles. The van der Waals surface area contributed by atoms with E-state index in [2.05, 4.69) is 13.0 Å². The highest BCUT2D eigenvalue weighted by Crippen LogP contribution is 2.61. The van der Waals surface area contributed by atoms with Gasteiger partial charge in [0.15, 0.2) is 11.5 Å². The minimum Gasteiger partial charge on any atom is -0.504 e. The van der Waals surface area contributed by atoms with E-state index in [-0.39, 0.29) is 11.5 Å². The van der Waals surface area contributed by atoms with E-state index in [0.29, 0.717) is 29.3 Å². The smallest absolute Gasteiger partial charge is 0.161 e. The van der Waals surface area contributed by atoms with Crippen LogP contribution >= 0.6 is 0 Å². The second-order valence-electron chi connectivity index (χ2n) is 7.74. The molecule has 3 heteroatoms. The number of aliphatic hydroxyl groups excluding tert-OH is 1. The number of phenols is 1. The largest absolute Gasteiger partial charge is 0.504 e. The van der Waals surface area contributed by atoms with Gasteiger partial charge in [0.05, 0.1) is 13.2 Å². The number of aliphatic hydroxyl groups is 1. The van der Waals surface area contributed by atoms with Gasteiger partial charge in [0.25, 0.3) is 0 Å². The summed E-state index contributed by atoms with van der Waals surface area (Å²) in [5, 5.41) is 20.9. The predicted octanol–water partition coefficient (Wildman–Crippen LogP) is 3.62. The van der Waals surface area contributed by atoms with Crippen molar-refractivity contribution in [2.75, 3.05) is 7.11 Å². The van der Waals surface area contributed by atoms with Crippen LogP contribution in [-0.2, 0) is 6.42 Å². The Kier molecular flexibility index (Phi) is 3.19. The standard InChI is InChI=1S/C19H26O3/c1-19-10-9-12-11-5-7-16(22-2)18(21)14(11)4-3-13(12)15(19)6-8-17(19)20/h5,7,12-13,15,17,20-21H,3-4,6,8-10H2,1-2H3/t12-,13-,15+,17+,19+/m1/s1. The maximum atomic E-state index is 10.4. The number of aromatic hydroxyl groups is 1. The van der Waals surface area contributed by atoms with E-state index in [1.54, 1.807) is 7.11 Å². The van der Waals surface area contributed by atoms with Gasteiger partial charge in [0.1, 0.15) is 0 Å². The zero-order valence-corrected chi connectivity index (χ0v) is 13.5. The molecule has 0 spiro atoms. The predicted molar refractivity (Wildman–Crippen MR) is 85.3 cm³/mol. The van der Waals surface area contributed by atoms with Gasteiger partial charge in [-0.15, -0.1) is 0 Å². The summed E-state index contributed by atoms with van der Waals surface area (Å²) in [6.45, 7) is 2.30. The first-order valence-electron chi connectivity index (χ1n) is 8.63. The summed E-state index contributed by atoms with van der Waals surface area (Å²) in [4.78, 5) is 0. The molecule has 2 fully saturated rings. The Balaban J connectivity index is 1.72. The number of hydrogen-bond acceptors (Lipinski definition) is 3. The molecule has 1 aromatic rings. The summed E-state index contributed by atoms with van der Waals surface area (Å²) in [5.41, 5.74) is 2.55. The number of hydrogen-bond donors (Lipinski definition) is 2. The number of methoxy groups -OCH3 is 1. The molecule has 120 valence electrons. The van der Waals surface area contributed by atoms with E-state index in [1.165, 1.54) is 5.56 Å². The fourth-order valence-electron chi connectivity index (χ4n) is 5.76. The van der Waals surface area contributed by atoms with Crippen molar-refractivity contribution in [3.8, 4) is 11.5 Å². The maximum Gasteiger partial charge on any atom is 0.161 e. The summed E-state index contributed by atoms with van der Waals surface area (Å²) in [5.74, 6) is 2.78. The molecule has 4 rings (SSSR count). The first kappa shape index (κ1) is 14.4. The second-order valence-corrected chi connectivity index (χ2v) is 7.74. The van der Waals surface area contributed by atoms with Crippen LogP contribution in [0.15, 0.2) is 12.1 Å². The van der Waals surface area contributed by atoms with Crippen molar-refractivity contribution in [1.29, 1.82) is 0 Å². The molecular formula is C19H26O3. The fourth-order valence-corrected chi connectivity index (χ4v) is 5.76. The van der Waals surface area contributed by atoms with Crippen molar-refractivity contribution in [3.05, 3.63) is 23.3 Å². The van der Waals surface area contributed by atoms with Crippen LogP contribution in [0.25, 0.3) is 0 Å². The molecule has 0 unspecified atom stereocenters. The molecule has 3 aliphatic rings. The Labute approximate surface area is 132 Å². The molecular weight excluding hydrogens is 276 g/mol. The molecule has 22 heavy (non-hydrogen) atoms. The van der Waals surface area contributed by atoms with Gasteiger partial charge in [-0.3, -0.25) is 0 Å². The highest BCUT2D eigenvalue weighted by Gasteiger charge is 2.54. The highest BCUT2D eigenvalue weighted by atomic mass is 16.5. The lowest BCUT2D eigenvalue weighted by molar-refractivity contribution is -0.0227. The van der Waals surface area contributed by atoms with Crippen LogP contribution in [0.1, 0.15) is 56.1 Å². The molecule has 3 nitrogen and oxygen atoms in total. The summed E-state index contributed by atoms with van der Waals surface area (Å²) in [6, 6.07) is 4.08. The molecule has 1 aromatic carbocycles. The zero-order valence-electron chi connectivity index (χ0n) is 13.5. The van der Waals surface area contributed by atoms with E-state index in [1.807, 2.05) is 6.07 Å². The van der Waals surface area contributed by atoms with Gasteiger partial charge in [0.2, 0.25) is 0 Å². The Morgan fingerprint density at radius 3 is 2.77 bits per heavy atom. The molecule has 0 amide bonds. The number of ether oxygens (including phenoxy) is 1. The summed E-state index contributed by atoms with van der Waals surface area (Å²) < 4.78 is 5.26. The van der Waals surface area contributed by atoms with Gasteiger partial charge in [-0.05, 0) is 73.3 Å². The Morgan fingerprint density at radius 1 is 1.18 bits per heavy atom. The van der Waals surface area contributed by atoms with Crippen LogP contribution in [0.2, 0.25) is 0 Å². The van der Waals surface area contributed by atoms with E-state index in [4.69, 9.17) is 4.74 Å². The van der Waals surface area contributed by atoms with Gasteiger partial charge >= 0.3 is 0 Å². The van der Waals surface area contributed by atoms with Gasteiger partial charge in [-0.2, -0.15) is 0 Å². The first-order chi connectivity index (χ1) is 10.6. The lowest BCUT2D eigenvalue weighted by atomic mass is 9.55. The monoisotopic (exact) mass is 302 g/mol. The topological polar surface area (TPSA) is 49.7 Å². The van der Waals surface area contributed by atoms with Crippen molar-refractivity contribution in [3.63, 3.8) is 0 Å². The molecule has 0 aliphatic heterocycles. The lowest BCUT2D eigenvalue weighted by Gasteiger charge is -2.50. The molecule has 0 heterocycles. The quantitative estimate of drug-likeness (QED) is 0.833. The molecule has 0 bridgehead atoms. The van der Waals surface area contributed by atoms with Crippen LogP contribution in [0, 0.1) is 17.3 Å². The third-order valence-electron chi connectivity index (χ3n) is 7.02. The van der Waals surface area contributed by atoms with Crippen molar-refractivity contribution < 1.29 is 14.9 Å². The normalized spacial score (nSPS) is 39.8. The van der Waals surface area contributed by atoms with Crippen molar-refractivity contribution in [2.24, 2.45) is 17.3 Å². The first-order valence-corrected chi connectivity index (χ1v) is 8.63. The van der Waals surface area contributed by atoms with Gasteiger partial charge in [-0.1, -0.05) is 13.0 Å². The molecule has 2 saturated carbocycles. The minimum atomic E-state index is -0.121. The molecule has 3 aliphatic carbocycles. The van der Waals surface area contributed by atoms with E-state index >= 15 is 0 Å². The van der Waals surface area contributed by atoms with Crippen LogP contribution in [0.5, 0.6) is 11.5 Å². The Morgan fingerprint density at radius 2 is 2.00 bits per heavy atom. The number of fused-ring (bicyclic) bond motifs is 5. The van der Waals surface area contributed by atoms with Crippen LogP contribution in [0.3, 0.4) is 0 Å². The zero-order chi connectivity index (χ0) is 15.5. The van der Waals surface area contributed by atoms with Crippen molar-refractivity contribution in [1.82, 2.24) is 0 Å². The fraction of sp³-hybridized carbons (Fsp3) is 0.684. The molecule has 5 atom stereocenters. The van der Waals surface area contributed by atoms with Gasteiger partial charge in [0, 0.05) is 5.56 Å². The van der Waals surface area contributed by atoms with E-state index < -0.39 is 0 Å². The van der Waals surface area contributed by atoms with Crippen molar-refractivity contribution in [2.45, 2.75) is 57.5 Å².